The Morgan fingerprint density at radius 3 is 2.79 bits per heavy atom. The van der Waals surface area contributed by atoms with Gasteiger partial charge in [0.1, 0.15) is 0 Å². The zero-order valence-corrected chi connectivity index (χ0v) is 13.9. The minimum absolute atomic E-state index is 0.0170. The predicted octanol–water partition coefficient (Wildman–Crippen LogP) is 2.14. The largest absolute Gasteiger partial charge is 0.366 e. The number of benzene rings is 1. The standard InChI is InChI=1S/C18H19N3O2S/c19-17(22)11-3-1-2-10(8-11)15-6-7-16(24-15)18(23)21-14-9-12-4-5-13(14)20-12/h1-3,6-8,12-14,20H,4-5,9H2,(H2,19,22)(H,21,23)/t12-,13+,14-/m1/s1. The zero-order valence-electron chi connectivity index (χ0n) is 13.1. The van der Waals surface area contributed by atoms with Crippen molar-refractivity contribution in [1.82, 2.24) is 10.6 Å². The van der Waals surface area contributed by atoms with Crippen LogP contribution in [0.5, 0.6) is 0 Å². The predicted molar refractivity (Wildman–Crippen MR) is 94.1 cm³/mol. The van der Waals surface area contributed by atoms with Crippen LogP contribution < -0.4 is 16.4 Å². The van der Waals surface area contributed by atoms with Gasteiger partial charge in [-0.2, -0.15) is 0 Å². The molecule has 0 unspecified atom stereocenters. The fourth-order valence-electron chi connectivity index (χ4n) is 3.66. The highest BCUT2D eigenvalue weighted by molar-refractivity contribution is 7.17. The molecule has 1 aromatic heterocycles. The molecule has 1 aromatic carbocycles. The molecule has 4 rings (SSSR count). The molecule has 2 amide bonds. The summed E-state index contributed by atoms with van der Waals surface area (Å²) >= 11 is 1.43. The Hall–Kier alpha value is -2.18. The molecule has 0 aliphatic carbocycles. The maximum absolute atomic E-state index is 12.5. The average molecular weight is 341 g/mol. The number of carbonyl (C=O) groups is 2. The van der Waals surface area contributed by atoms with E-state index in [2.05, 4.69) is 10.6 Å². The van der Waals surface area contributed by atoms with Gasteiger partial charge in [0.05, 0.1) is 4.88 Å². The van der Waals surface area contributed by atoms with Gasteiger partial charge in [-0.1, -0.05) is 12.1 Å². The summed E-state index contributed by atoms with van der Waals surface area (Å²) in [5.74, 6) is -0.466. The van der Waals surface area contributed by atoms with Crippen molar-refractivity contribution in [3.05, 3.63) is 46.8 Å². The molecule has 5 nitrogen and oxygen atoms in total. The molecule has 24 heavy (non-hydrogen) atoms. The maximum Gasteiger partial charge on any atom is 0.261 e. The van der Waals surface area contributed by atoms with Crippen LogP contribution in [-0.2, 0) is 0 Å². The maximum atomic E-state index is 12.5. The van der Waals surface area contributed by atoms with Gasteiger partial charge >= 0.3 is 0 Å². The lowest BCUT2D eigenvalue weighted by Crippen LogP contribution is -2.42. The molecule has 2 aliphatic rings. The Bertz CT molecular complexity index is 801. The lowest BCUT2D eigenvalue weighted by Gasteiger charge is -2.20. The third-order valence-electron chi connectivity index (χ3n) is 4.88. The molecule has 2 bridgehead atoms. The van der Waals surface area contributed by atoms with Gasteiger partial charge in [-0.3, -0.25) is 9.59 Å². The van der Waals surface area contributed by atoms with Crippen LogP contribution >= 0.6 is 11.3 Å². The molecule has 6 heteroatoms. The molecular weight excluding hydrogens is 322 g/mol. The van der Waals surface area contributed by atoms with Crippen molar-refractivity contribution in [1.29, 1.82) is 0 Å². The van der Waals surface area contributed by atoms with Gasteiger partial charge in [-0.05, 0) is 49.1 Å². The van der Waals surface area contributed by atoms with Crippen LogP contribution in [-0.4, -0.2) is 29.9 Å². The second-order valence-corrected chi connectivity index (χ2v) is 7.56. The quantitative estimate of drug-likeness (QED) is 0.796. The first-order chi connectivity index (χ1) is 11.6. The Morgan fingerprint density at radius 1 is 1.21 bits per heavy atom. The number of nitrogens with two attached hydrogens (primary N) is 1. The van der Waals surface area contributed by atoms with E-state index in [4.69, 9.17) is 5.73 Å². The van der Waals surface area contributed by atoms with Crippen molar-refractivity contribution in [3.8, 4) is 10.4 Å². The Kier molecular flexibility index (Phi) is 3.86. The van der Waals surface area contributed by atoms with E-state index in [0.29, 0.717) is 22.5 Å². The number of amides is 2. The highest BCUT2D eigenvalue weighted by Gasteiger charge is 2.39. The average Bonchev–Trinajstić information content (AvgIpc) is 3.31. The van der Waals surface area contributed by atoms with Gasteiger partial charge in [0.2, 0.25) is 5.91 Å². The number of fused-ring (bicyclic) bond motifs is 2. The molecular formula is C18H19N3O2S. The number of hydrogen-bond acceptors (Lipinski definition) is 4. The fraction of sp³-hybridized carbons (Fsp3) is 0.333. The van der Waals surface area contributed by atoms with E-state index in [1.807, 2.05) is 18.2 Å². The fourth-order valence-corrected chi connectivity index (χ4v) is 4.57. The van der Waals surface area contributed by atoms with Crippen LogP contribution in [0.2, 0.25) is 0 Å². The van der Waals surface area contributed by atoms with Gasteiger partial charge in [-0.25, -0.2) is 0 Å². The van der Waals surface area contributed by atoms with Gasteiger partial charge in [0.25, 0.3) is 5.91 Å². The van der Waals surface area contributed by atoms with E-state index >= 15 is 0 Å². The highest BCUT2D eigenvalue weighted by Crippen LogP contribution is 2.31. The monoisotopic (exact) mass is 341 g/mol. The Balaban J connectivity index is 1.49. The number of primary amides is 1. The summed E-state index contributed by atoms with van der Waals surface area (Å²) in [6, 6.07) is 12.1. The van der Waals surface area contributed by atoms with Crippen LogP contribution in [0.4, 0.5) is 0 Å². The van der Waals surface area contributed by atoms with Crippen LogP contribution in [0.25, 0.3) is 10.4 Å². The van der Waals surface area contributed by atoms with Crippen molar-refractivity contribution < 1.29 is 9.59 Å². The van der Waals surface area contributed by atoms with Crippen molar-refractivity contribution in [2.45, 2.75) is 37.4 Å². The summed E-state index contributed by atoms with van der Waals surface area (Å²) in [4.78, 5) is 25.4. The first-order valence-corrected chi connectivity index (χ1v) is 8.99. The topological polar surface area (TPSA) is 84.2 Å². The molecule has 0 saturated carbocycles. The molecule has 4 N–H and O–H groups in total. The van der Waals surface area contributed by atoms with E-state index < -0.39 is 5.91 Å². The summed E-state index contributed by atoms with van der Waals surface area (Å²) in [5.41, 5.74) is 6.70. The number of nitrogens with one attached hydrogen (secondary N) is 2. The van der Waals surface area contributed by atoms with Gasteiger partial charge in [0.15, 0.2) is 0 Å². The van der Waals surface area contributed by atoms with Gasteiger partial charge in [0, 0.05) is 28.6 Å². The lowest BCUT2D eigenvalue weighted by atomic mass is 9.95. The van der Waals surface area contributed by atoms with E-state index in [9.17, 15) is 9.59 Å². The van der Waals surface area contributed by atoms with E-state index in [1.54, 1.807) is 18.2 Å². The number of thiophene rings is 1. The van der Waals surface area contributed by atoms with Crippen LogP contribution in [0.3, 0.4) is 0 Å². The molecule has 2 fully saturated rings. The molecule has 0 radical (unpaired) electrons. The van der Waals surface area contributed by atoms with Crippen LogP contribution in [0.1, 0.15) is 39.3 Å². The second kappa shape index (κ2) is 6.03. The van der Waals surface area contributed by atoms with Gasteiger partial charge < -0.3 is 16.4 Å². The molecule has 3 atom stereocenters. The van der Waals surface area contributed by atoms with Gasteiger partial charge in [-0.15, -0.1) is 11.3 Å². The van der Waals surface area contributed by atoms with Crippen molar-refractivity contribution in [2.24, 2.45) is 5.73 Å². The number of carbonyl (C=O) groups excluding carboxylic acids is 2. The van der Waals surface area contributed by atoms with E-state index in [0.717, 1.165) is 23.3 Å². The summed E-state index contributed by atoms with van der Waals surface area (Å²) in [7, 11) is 0. The summed E-state index contributed by atoms with van der Waals surface area (Å²) in [6.45, 7) is 0. The molecule has 2 aliphatic heterocycles. The summed E-state index contributed by atoms with van der Waals surface area (Å²) in [6.07, 6.45) is 3.39. The first kappa shape index (κ1) is 15.4. The second-order valence-electron chi connectivity index (χ2n) is 6.47. The van der Waals surface area contributed by atoms with Crippen molar-refractivity contribution in [3.63, 3.8) is 0 Å². The SMILES string of the molecule is NC(=O)c1cccc(-c2ccc(C(=O)N[C@@H]3C[C@H]4CC[C@@H]3N4)s2)c1. The Morgan fingerprint density at radius 2 is 2.08 bits per heavy atom. The van der Waals surface area contributed by atoms with Crippen LogP contribution in [0, 0.1) is 0 Å². The van der Waals surface area contributed by atoms with E-state index in [-0.39, 0.29) is 11.9 Å². The molecule has 0 spiro atoms. The third kappa shape index (κ3) is 2.83. The number of rotatable bonds is 4. The third-order valence-corrected chi connectivity index (χ3v) is 6.01. The van der Waals surface area contributed by atoms with Crippen molar-refractivity contribution in [2.75, 3.05) is 0 Å². The molecule has 2 aromatic rings. The smallest absolute Gasteiger partial charge is 0.261 e. The Labute approximate surface area is 144 Å². The minimum atomic E-state index is -0.449. The van der Waals surface area contributed by atoms with Crippen LogP contribution in [0.15, 0.2) is 36.4 Å². The molecule has 124 valence electrons. The lowest BCUT2D eigenvalue weighted by molar-refractivity contribution is 0.0934. The molecule has 3 heterocycles. The molecule has 2 saturated heterocycles. The number of hydrogen-bond donors (Lipinski definition) is 3. The van der Waals surface area contributed by atoms with Crippen molar-refractivity contribution >= 4 is 23.2 Å². The zero-order chi connectivity index (χ0) is 16.7. The first-order valence-electron chi connectivity index (χ1n) is 8.17. The normalized spacial score (nSPS) is 24.9. The minimum Gasteiger partial charge on any atom is -0.366 e. The highest BCUT2D eigenvalue weighted by atomic mass is 32.1. The van der Waals surface area contributed by atoms with E-state index in [1.165, 1.54) is 17.8 Å². The summed E-state index contributed by atoms with van der Waals surface area (Å²) in [5, 5.41) is 6.68. The summed E-state index contributed by atoms with van der Waals surface area (Å²) < 4.78 is 0.